The number of ether oxygens (including phenoxy) is 1. The maximum Gasteiger partial charge on any atom is 0.160 e. The lowest BCUT2D eigenvalue weighted by molar-refractivity contribution is 0.112. The van der Waals surface area contributed by atoms with Gasteiger partial charge in [-0.25, -0.2) is 9.37 Å². The predicted molar refractivity (Wildman–Crippen MR) is 125 cm³/mol. The van der Waals surface area contributed by atoms with Gasteiger partial charge in [0.15, 0.2) is 6.29 Å². The van der Waals surface area contributed by atoms with Crippen LogP contribution >= 0.6 is 11.3 Å². The van der Waals surface area contributed by atoms with Gasteiger partial charge in [0.2, 0.25) is 0 Å². The first kappa shape index (κ1) is 23.3. The Morgan fingerprint density at radius 2 is 2.07 bits per heavy atom. The van der Waals surface area contributed by atoms with Crippen LogP contribution in [0.4, 0.5) is 15.8 Å². The average molecular weight is 430 g/mol. The lowest BCUT2D eigenvalue weighted by Crippen LogP contribution is -2.08. The van der Waals surface area contributed by atoms with Crippen molar-refractivity contribution in [3.05, 3.63) is 59.0 Å². The maximum absolute atomic E-state index is 13.3. The van der Waals surface area contributed by atoms with Crippen molar-refractivity contribution < 1.29 is 13.9 Å². The molecule has 0 unspecified atom stereocenters. The molecule has 0 radical (unpaired) electrons. The third-order valence-corrected chi connectivity index (χ3v) is 5.61. The summed E-state index contributed by atoms with van der Waals surface area (Å²) in [5.41, 5.74) is 3.67. The van der Waals surface area contributed by atoms with Crippen LogP contribution in [-0.4, -0.2) is 32.0 Å². The second kappa shape index (κ2) is 10.7. The number of benzene rings is 1. The van der Waals surface area contributed by atoms with Crippen LogP contribution in [0.25, 0.3) is 10.2 Å². The van der Waals surface area contributed by atoms with Gasteiger partial charge < -0.3 is 15.0 Å². The molecule has 0 aliphatic rings. The maximum atomic E-state index is 13.3. The van der Waals surface area contributed by atoms with Gasteiger partial charge in [-0.15, -0.1) is 11.3 Å². The Kier molecular flexibility index (Phi) is 8.35. The molecule has 1 aromatic carbocycles. The molecule has 0 aliphatic carbocycles. The number of rotatable bonds is 7. The third-order valence-electron chi connectivity index (χ3n) is 4.56. The van der Waals surface area contributed by atoms with Crippen LogP contribution in [-0.2, 0) is 6.42 Å². The standard InChI is InChI=1S/C13H16N2OS.C10H12FNO/c1-4-9-11(7-16)17-13-12(9)10(14-5-2)6-8(3)15-13;1-4-12(2)10-6-5-8(13-3)7-9(10)11/h6-7H,4-5H2,1-3H3,(H,14,15);4-7H,1H2,2-3H3. The number of thiophene rings is 1. The number of carbonyl (C=O) groups is 1. The van der Waals surface area contributed by atoms with E-state index in [2.05, 4.69) is 30.7 Å². The lowest BCUT2D eigenvalue weighted by atomic mass is 10.1. The zero-order valence-corrected chi connectivity index (χ0v) is 18.9. The molecule has 1 N–H and O–H groups in total. The van der Waals surface area contributed by atoms with Crippen LogP contribution in [0, 0.1) is 12.7 Å². The number of aryl methyl sites for hydroxylation is 2. The first-order valence-corrected chi connectivity index (χ1v) is 10.5. The summed E-state index contributed by atoms with van der Waals surface area (Å²) >= 11 is 1.48. The monoisotopic (exact) mass is 429 g/mol. The van der Waals surface area contributed by atoms with Gasteiger partial charge in [-0.1, -0.05) is 13.5 Å². The highest BCUT2D eigenvalue weighted by Crippen LogP contribution is 2.35. The van der Waals surface area contributed by atoms with Crippen molar-refractivity contribution >= 4 is 39.2 Å². The van der Waals surface area contributed by atoms with Crippen LogP contribution in [0.1, 0.15) is 34.8 Å². The normalized spacial score (nSPS) is 10.2. The minimum atomic E-state index is -0.318. The summed E-state index contributed by atoms with van der Waals surface area (Å²) in [6.07, 6.45) is 3.35. The highest BCUT2D eigenvalue weighted by atomic mass is 32.1. The molecule has 0 fully saturated rings. The summed E-state index contributed by atoms with van der Waals surface area (Å²) in [6.45, 7) is 10.5. The van der Waals surface area contributed by atoms with E-state index < -0.39 is 0 Å². The molecule has 7 heteroatoms. The largest absolute Gasteiger partial charge is 0.497 e. The summed E-state index contributed by atoms with van der Waals surface area (Å²) in [5, 5.41) is 4.47. The molecule has 2 aromatic heterocycles. The molecule has 3 rings (SSSR count). The highest BCUT2D eigenvalue weighted by Gasteiger charge is 2.15. The molecule has 160 valence electrons. The topological polar surface area (TPSA) is 54.5 Å². The zero-order chi connectivity index (χ0) is 22.3. The summed E-state index contributed by atoms with van der Waals surface area (Å²) in [7, 11) is 3.24. The number of aromatic nitrogens is 1. The van der Waals surface area contributed by atoms with Crippen molar-refractivity contribution in [1.29, 1.82) is 0 Å². The Morgan fingerprint density at radius 1 is 1.33 bits per heavy atom. The SMILES string of the molecule is C=CN(C)c1ccc(OC)cc1F.CCNc1cc(C)nc2sc(C=O)c(CC)c12. The number of nitrogens with zero attached hydrogens (tertiary/aromatic N) is 2. The molecule has 0 amide bonds. The van der Waals surface area contributed by atoms with E-state index in [1.54, 1.807) is 30.3 Å². The number of aldehydes is 1. The summed E-state index contributed by atoms with van der Waals surface area (Å²) < 4.78 is 18.2. The van der Waals surface area contributed by atoms with Crippen LogP contribution in [0.15, 0.2) is 37.0 Å². The predicted octanol–water partition coefficient (Wildman–Crippen LogP) is 5.83. The smallest absolute Gasteiger partial charge is 0.160 e. The number of fused-ring (bicyclic) bond motifs is 1. The molecule has 5 nitrogen and oxygen atoms in total. The molecule has 0 spiro atoms. The molecule has 0 atom stereocenters. The molecular weight excluding hydrogens is 401 g/mol. The second-order valence-corrected chi connectivity index (χ2v) is 7.58. The molecular formula is C23H28FN3O2S. The number of nitrogens with one attached hydrogen (secondary N) is 1. The minimum Gasteiger partial charge on any atom is -0.497 e. The average Bonchev–Trinajstić information content (AvgIpc) is 3.11. The van der Waals surface area contributed by atoms with Gasteiger partial charge in [0.25, 0.3) is 0 Å². The molecule has 0 saturated carbocycles. The van der Waals surface area contributed by atoms with Crippen LogP contribution in [0.2, 0.25) is 0 Å². The van der Waals surface area contributed by atoms with Crippen molar-refractivity contribution in [1.82, 2.24) is 4.98 Å². The summed E-state index contributed by atoms with van der Waals surface area (Å²) in [5.74, 6) is 0.195. The fraction of sp³-hybridized carbons (Fsp3) is 0.304. The Bertz CT molecular complexity index is 1030. The van der Waals surface area contributed by atoms with E-state index in [9.17, 15) is 9.18 Å². The molecule has 30 heavy (non-hydrogen) atoms. The first-order valence-electron chi connectivity index (χ1n) is 9.71. The van der Waals surface area contributed by atoms with Gasteiger partial charge in [-0.3, -0.25) is 4.79 Å². The molecule has 0 bridgehead atoms. The first-order chi connectivity index (χ1) is 14.4. The van der Waals surface area contributed by atoms with E-state index in [-0.39, 0.29) is 5.82 Å². The summed E-state index contributed by atoms with van der Waals surface area (Å²) in [4.78, 5) is 19.0. The van der Waals surface area contributed by atoms with E-state index in [1.165, 1.54) is 24.5 Å². The summed E-state index contributed by atoms with van der Waals surface area (Å²) in [6, 6.07) is 6.75. The lowest BCUT2D eigenvalue weighted by Gasteiger charge is -2.14. The molecule has 3 aromatic rings. The zero-order valence-electron chi connectivity index (χ0n) is 18.1. The minimum absolute atomic E-state index is 0.318. The van der Waals surface area contributed by atoms with Gasteiger partial charge >= 0.3 is 0 Å². The number of halogens is 1. The van der Waals surface area contributed by atoms with Crippen molar-refractivity contribution in [2.24, 2.45) is 0 Å². The van der Waals surface area contributed by atoms with Crippen molar-refractivity contribution in [2.75, 3.05) is 30.9 Å². The van der Waals surface area contributed by atoms with Crippen LogP contribution in [0.3, 0.4) is 0 Å². The Hall–Kier alpha value is -2.93. The third kappa shape index (κ3) is 5.16. The van der Waals surface area contributed by atoms with Gasteiger partial charge in [-0.05, 0) is 50.2 Å². The number of pyridine rings is 1. The van der Waals surface area contributed by atoms with E-state index >= 15 is 0 Å². The Morgan fingerprint density at radius 3 is 2.60 bits per heavy atom. The molecule has 0 aliphatic heterocycles. The van der Waals surface area contributed by atoms with Crippen molar-refractivity contribution in [2.45, 2.75) is 27.2 Å². The van der Waals surface area contributed by atoms with Gasteiger partial charge in [0.1, 0.15) is 16.4 Å². The van der Waals surface area contributed by atoms with E-state index in [0.717, 1.165) is 51.3 Å². The Labute approximate surface area is 181 Å². The second-order valence-electron chi connectivity index (χ2n) is 6.55. The van der Waals surface area contributed by atoms with Crippen molar-refractivity contribution in [3.8, 4) is 5.75 Å². The Balaban J connectivity index is 0.000000222. The van der Waals surface area contributed by atoms with E-state index in [1.807, 2.05) is 13.0 Å². The van der Waals surface area contributed by atoms with E-state index in [0.29, 0.717) is 11.4 Å². The fourth-order valence-electron chi connectivity index (χ4n) is 3.07. The number of anilines is 2. The van der Waals surface area contributed by atoms with Gasteiger partial charge in [0, 0.05) is 36.4 Å². The van der Waals surface area contributed by atoms with Crippen molar-refractivity contribution in [3.63, 3.8) is 0 Å². The van der Waals surface area contributed by atoms with Crippen LogP contribution in [0.5, 0.6) is 5.75 Å². The fourth-order valence-corrected chi connectivity index (χ4v) is 4.22. The number of carbonyl (C=O) groups excluding carboxylic acids is 1. The quantitative estimate of drug-likeness (QED) is 0.479. The highest BCUT2D eigenvalue weighted by molar-refractivity contribution is 7.20. The number of methoxy groups -OCH3 is 1. The number of hydrogen-bond acceptors (Lipinski definition) is 6. The number of hydrogen-bond donors (Lipinski definition) is 1. The van der Waals surface area contributed by atoms with Gasteiger partial charge in [-0.2, -0.15) is 0 Å². The van der Waals surface area contributed by atoms with E-state index in [4.69, 9.17) is 4.74 Å². The van der Waals surface area contributed by atoms with Crippen LogP contribution < -0.4 is 15.0 Å². The molecule has 2 heterocycles. The molecule has 0 saturated heterocycles. The van der Waals surface area contributed by atoms with Gasteiger partial charge in [0.05, 0.1) is 17.7 Å².